The number of aromatic carboxylic acids is 1. The Hall–Kier alpha value is -3.50. The summed E-state index contributed by atoms with van der Waals surface area (Å²) in [4.78, 5) is 19.8. The Bertz CT molecular complexity index is 1350. The standard InChI is InChI=1S/C26H32N4O5S/c1-16-8-6-9-17(2)23(16)21-13-22(35-15-19(27)14-26(3,4)5)29-25(28-21)30-36(33,34)20-11-7-10-18(12-20)24(31)32/h6-13,19H,14-15,27H2,1-5H3,(H,31,32)(H,28,29,30). The van der Waals surface area contributed by atoms with Crippen LogP contribution in [0.5, 0.6) is 5.88 Å². The van der Waals surface area contributed by atoms with E-state index in [2.05, 4.69) is 35.5 Å². The van der Waals surface area contributed by atoms with Crippen LogP contribution in [0.3, 0.4) is 0 Å². The molecule has 2 aromatic carbocycles. The number of benzene rings is 2. The van der Waals surface area contributed by atoms with Crippen LogP contribution in [-0.4, -0.2) is 42.1 Å². The van der Waals surface area contributed by atoms with Gasteiger partial charge in [0, 0.05) is 17.7 Å². The monoisotopic (exact) mass is 512 g/mol. The maximum Gasteiger partial charge on any atom is 0.335 e. The molecule has 0 saturated heterocycles. The Labute approximate surface area is 211 Å². The number of ether oxygens (including phenoxy) is 1. The molecule has 4 N–H and O–H groups in total. The lowest BCUT2D eigenvalue weighted by Gasteiger charge is -2.23. The number of aryl methyl sites for hydroxylation is 2. The number of sulfonamides is 1. The molecule has 0 aliphatic rings. The quantitative estimate of drug-likeness (QED) is 0.382. The lowest BCUT2D eigenvalue weighted by atomic mass is 9.89. The summed E-state index contributed by atoms with van der Waals surface area (Å²) in [5.41, 5.74) is 9.31. The molecule has 9 nitrogen and oxygen atoms in total. The molecular formula is C26H32N4O5S. The van der Waals surface area contributed by atoms with E-state index in [0.29, 0.717) is 5.69 Å². The average Bonchev–Trinajstić information content (AvgIpc) is 2.76. The van der Waals surface area contributed by atoms with Crippen molar-refractivity contribution in [2.45, 2.75) is 52.0 Å². The summed E-state index contributed by atoms with van der Waals surface area (Å²) >= 11 is 0. The Kier molecular flexibility index (Phi) is 8.00. The molecule has 0 fully saturated rings. The van der Waals surface area contributed by atoms with Gasteiger partial charge in [-0.1, -0.05) is 45.0 Å². The van der Waals surface area contributed by atoms with Gasteiger partial charge in [-0.3, -0.25) is 0 Å². The van der Waals surface area contributed by atoms with E-state index < -0.39 is 16.0 Å². The van der Waals surface area contributed by atoms with Gasteiger partial charge in [0.25, 0.3) is 10.0 Å². The van der Waals surface area contributed by atoms with Crippen LogP contribution in [0.25, 0.3) is 11.3 Å². The second kappa shape index (κ2) is 10.6. The van der Waals surface area contributed by atoms with E-state index in [1.54, 1.807) is 6.07 Å². The molecule has 192 valence electrons. The van der Waals surface area contributed by atoms with Crippen molar-refractivity contribution in [1.82, 2.24) is 9.97 Å². The Balaban J connectivity index is 2.00. The highest BCUT2D eigenvalue weighted by Crippen LogP contribution is 2.29. The predicted molar refractivity (Wildman–Crippen MR) is 139 cm³/mol. The van der Waals surface area contributed by atoms with Crippen LogP contribution in [0.1, 0.15) is 48.7 Å². The lowest BCUT2D eigenvalue weighted by Crippen LogP contribution is -2.32. The first-order valence-corrected chi connectivity index (χ1v) is 12.9. The van der Waals surface area contributed by atoms with E-state index in [1.165, 1.54) is 18.2 Å². The molecule has 0 spiro atoms. The summed E-state index contributed by atoms with van der Waals surface area (Å²) in [5, 5.41) is 9.22. The van der Waals surface area contributed by atoms with Crippen molar-refractivity contribution in [3.05, 3.63) is 65.2 Å². The van der Waals surface area contributed by atoms with Crippen molar-refractivity contribution in [3.63, 3.8) is 0 Å². The fourth-order valence-corrected chi connectivity index (χ4v) is 4.89. The number of rotatable bonds is 9. The number of nitrogens with zero attached hydrogens (tertiary/aromatic N) is 2. The molecule has 1 atom stereocenters. The Morgan fingerprint density at radius 3 is 2.33 bits per heavy atom. The van der Waals surface area contributed by atoms with E-state index in [-0.39, 0.29) is 40.4 Å². The van der Waals surface area contributed by atoms with Gasteiger partial charge >= 0.3 is 5.97 Å². The molecule has 0 aliphatic carbocycles. The zero-order chi connectivity index (χ0) is 26.7. The van der Waals surface area contributed by atoms with E-state index in [0.717, 1.165) is 29.2 Å². The van der Waals surface area contributed by atoms with Crippen molar-refractivity contribution in [2.24, 2.45) is 11.1 Å². The third-order valence-electron chi connectivity index (χ3n) is 5.38. The SMILES string of the molecule is Cc1cccc(C)c1-c1cc(OCC(N)CC(C)(C)C)nc(NS(=O)(=O)c2cccc(C(=O)O)c2)n1. The zero-order valence-electron chi connectivity index (χ0n) is 21.1. The van der Waals surface area contributed by atoms with E-state index in [4.69, 9.17) is 10.5 Å². The first-order chi connectivity index (χ1) is 16.7. The second-order valence-electron chi connectivity index (χ2n) is 9.96. The van der Waals surface area contributed by atoms with Gasteiger partial charge in [-0.25, -0.2) is 22.9 Å². The van der Waals surface area contributed by atoms with E-state index in [1.807, 2.05) is 32.0 Å². The van der Waals surface area contributed by atoms with Crippen molar-refractivity contribution < 1.29 is 23.1 Å². The third kappa shape index (κ3) is 7.02. The summed E-state index contributed by atoms with van der Waals surface area (Å²) in [5.74, 6) is -1.26. The minimum absolute atomic E-state index is 0.0170. The van der Waals surface area contributed by atoms with Gasteiger partial charge in [-0.05, 0) is 55.0 Å². The molecule has 1 aromatic heterocycles. The molecule has 0 bridgehead atoms. The van der Waals surface area contributed by atoms with Crippen LogP contribution in [-0.2, 0) is 10.0 Å². The Morgan fingerprint density at radius 2 is 1.72 bits per heavy atom. The van der Waals surface area contributed by atoms with Crippen molar-refractivity contribution in [3.8, 4) is 17.1 Å². The minimum atomic E-state index is -4.18. The predicted octanol–water partition coefficient (Wildman–Crippen LogP) is 4.40. The molecule has 1 heterocycles. The van der Waals surface area contributed by atoms with Crippen LogP contribution in [0.4, 0.5) is 5.95 Å². The topological polar surface area (TPSA) is 144 Å². The Morgan fingerprint density at radius 1 is 1.08 bits per heavy atom. The normalized spacial score (nSPS) is 12.7. The summed E-state index contributed by atoms with van der Waals surface area (Å²) < 4.78 is 34.3. The number of aromatic nitrogens is 2. The highest BCUT2D eigenvalue weighted by atomic mass is 32.2. The van der Waals surface area contributed by atoms with Gasteiger partial charge in [-0.15, -0.1) is 0 Å². The van der Waals surface area contributed by atoms with Crippen molar-refractivity contribution in [1.29, 1.82) is 0 Å². The minimum Gasteiger partial charge on any atom is -0.478 e. The third-order valence-corrected chi connectivity index (χ3v) is 6.70. The number of nitrogens with one attached hydrogen (secondary N) is 1. The van der Waals surface area contributed by atoms with Crippen LogP contribution >= 0.6 is 0 Å². The fraction of sp³-hybridized carbons (Fsp3) is 0.346. The molecule has 0 saturated carbocycles. The lowest BCUT2D eigenvalue weighted by molar-refractivity contribution is 0.0696. The molecule has 0 aliphatic heterocycles. The molecule has 0 amide bonds. The summed E-state index contributed by atoms with van der Waals surface area (Å²) in [6.45, 7) is 10.3. The molecule has 1 unspecified atom stereocenters. The first kappa shape index (κ1) is 27.1. The zero-order valence-corrected chi connectivity index (χ0v) is 21.9. The van der Waals surface area contributed by atoms with Gasteiger partial charge < -0.3 is 15.6 Å². The molecule has 10 heteroatoms. The highest BCUT2D eigenvalue weighted by Gasteiger charge is 2.21. The van der Waals surface area contributed by atoms with Crippen LogP contribution in [0, 0.1) is 19.3 Å². The second-order valence-corrected chi connectivity index (χ2v) is 11.6. The van der Waals surface area contributed by atoms with Gasteiger partial charge in [-0.2, -0.15) is 4.98 Å². The summed E-state index contributed by atoms with van der Waals surface area (Å²) in [7, 11) is -4.18. The molecule has 3 aromatic rings. The maximum atomic E-state index is 13.0. The largest absolute Gasteiger partial charge is 0.478 e. The van der Waals surface area contributed by atoms with Crippen LogP contribution < -0.4 is 15.2 Å². The smallest absolute Gasteiger partial charge is 0.335 e. The van der Waals surface area contributed by atoms with Crippen molar-refractivity contribution >= 4 is 21.9 Å². The van der Waals surface area contributed by atoms with E-state index >= 15 is 0 Å². The van der Waals surface area contributed by atoms with Gasteiger partial charge in [0.05, 0.1) is 16.2 Å². The van der Waals surface area contributed by atoms with Gasteiger partial charge in [0.2, 0.25) is 11.8 Å². The maximum absolute atomic E-state index is 13.0. The molecule has 0 radical (unpaired) electrons. The first-order valence-electron chi connectivity index (χ1n) is 11.5. The number of anilines is 1. The highest BCUT2D eigenvalue weighted by molar-refractivity contribution is 7.92. The number of carboxylic acid groups (broad SMARTS) is 1. The van der Waals surface area contributed by atoms with Crippen molar-refractivity contribution in [2.75, 3.05) is 11.3 Å². The molecule has 3 rings (SSSR count). The fourth-order valence-electron chi connectivity index (χ4n) is 3.90. The number of carboxylic acids is 1. The molecule has 36 heavy (non-hydrogen) atoms. The van der Waals surface area contributed by atoms with Crippen LogP contribution in [0.2, 0.25) is 0 Å². The summed E-state index contributed by atoms with van der Waals surface area (Å²) in [6.07, 6.45) is 0.723. The number of carbonyl (C=O) groups is 1. The van der Waals surface area contributed by atoms with Gasteiger partial charge in [0.15, 0.2) is 0 Å². The van der Waals surface area contributed by atoms with Crippen LogP contribution in [0.15, 0.2) is 53.4 Å². The number of hydrogen-bond donors (Lipinski definition) is 3. The average molecular weight is 513 g/mol. The number of nitrogens with two attached hydrogens (primary N) is 1. The van der Waals surface area contributed by atoms with E-state index in [9.17, 15) is 18.3 Å². The summed E-state index contributed by atoms with van der Waals surface area (Å²) in [6, 6.07) is 12.2. The molecular weight excluding hydrogens is 480 g/mol. The number of hydrogen-bond acceptors (Lipinski definition) is 7. The van der Waals surface area contributed by atoms with Gasteiger partial charge in [0.1, 0.15) is 6.61 Å².